The Kier molecular flexibility index (Phi) is 5.89. The SMILES string of the molecule is COc1ccccc1CCCNC(=O)c1cccc([N+](=O)[O-])c1C. The molecule has 0 spiro atoms. The zero-order valence-electron chi connectivity index (χ0n) is 13.7. The van der Waals surface area contributed by atoms with Crippen LogP contribution in [0.1, 0.15) is 27.9 Å². The Morgan fingerprint density at radius 1 is 1.21 bits per heavy atom. The van der Waals surface area contributed by atoms with Crippen molar-refractivity contribution in [3.8, 4) is 5.75 Å². The van der Waals surface area contributed by atoms with Crippen molar-refractivity contribution < 1.29 is 14.5 Å². The molecule has 6 nitrogen and oxygen atoms in total. The summed E-state index contributed by atoms with van der Waals surface area (Å²) in [6.45, 7) is 2.07. The van der Waals surface area contributed by atoms with Gasteiger partial charge in [-0.3, -0.25) is 14.9 Å². The minimum atomic E-state index is -0.478. The molecule has 0 aliphatic carbocycles. The zero-order chi connectivity index (χ0) is 17.5. The monoisotopic (exact) mass is 328 g/mol. The van der Waals surface area contributed by atoms with Gasteiger partial charge in [0.05, 0.1) is 12.0 Å². The molecule has 0 saturated carbocycles. The lowest BCUT2D eigenvalue weighted by Crippen LogP contribution is -2.25. The number of nitro benzene ring substituents is 1. The summed E-state index contributed by atoms with van der Waals surface area (Å²) in [5.74, 6) is 0.537. The van der Waals surface area contributed by atoms with E-state index in [0.29, 0.717) is 17.7 Å². The van der Waals surface area contributed by atoms with E-state index < -0.39 is 4.92 Å². The average Bonchev–Trinajstić information content (AvgIpc) is 2.58. The van der Waals surface area contributed by atoms with E-state index in [-0.39, 0.29) is 11.6 Å². The molecule has 0 aliphatic heterocycles. The maximum Gasteiger partial charge on any atom is 0.273 e. The van der Waals surface area contributed by atoms with Crippen LogP contribution in [0.4, 0.5) is 5.69 Å². The van der Waals surface area contributed by atoms with Crippen molar-refractivity contribution in [1.82, 2.24) is 5.32 Å². The topological polar surface area (TPSA) is 81.5 Å². The number of benzene rings is 2. The van der Waals surface area contributed by atoms with Gasteiger partial charge in [-0.2, -0.15) is 0 Å². The van der Waals surface area contributed by atoms with Gasteiger partial charge in [0.1, 0.15) is 5.75 Å². The van der Waals surface area contributed by atoms with Gasteiger partial charge in [-0.1, -0.05) is 24.3 Å². The van der Waals surface area contributed by atoms with Gasteiger partial charge < -0.3 is 10.1 Å². The lowest BCUT2D eigenvalue weighted by Gasteiger charge is -2.10. The first kappa shape index (κ1) is 17.5. The lowest BCUT2D eigenvalue weighted by atomic mass is 10.1. The standard InChI is InChI=1S/C18H20N2O4/c1-13-15(9-5-10-16(13)20(22)23)18(21)19-12-6-8-14-7-3-4-11-17(14)24-2/h3-5,7,9-11H,6,8,12H2,1-2H3,(H,19,21). The number of methoxy groups -OCH3 is 1. The first-order chi connectivity index (χ1) is 11.5. The molecule has 0 aromatic heterocycles. The fourth-order valence-corrected chi connectivity index (χ4v) is 2.55. The van der Waals surface area contributed by atoms with E-state index in [1.165, 1.54) is 12.1 Å². The van der Waals surface area contributed by atoms with Crippen LogP contribution < -0.4 is 10.1 Å². The number of aryl methyl sites for hydroxylation is 1. The molecule has 6 heteroatoms. The van der Waals surface area contributed by atoms with Crippen LogP contribution in [-0.4, -0.2) is 24.5 Å². The summed E-state index contributed by atoms with van der Waals surface area (Å²) in [5.41, 5.74) is 1.75. The Bertz CT molecular complexity index is 744. The molecule has 0 unspecified atom stereocenters. The van der Waals surface area contributed by atoms with Gasteiger partial charge in [-0.05, 0) is 37.5 Å². The van der Waals surface area contributed by atoms with Crippen molar-refractivity contribution in [2.45, 2.75) is 19.8 Å². The molecule has 1 amide bonds. The zero-order valence-corrected chi connectivity index (χ0v) is 13.7. The van der Waals surface area contributed by atoms with Crippen LogP contribution in [0.3, 0.4) is 0 Å². The predicted molar refractivity (Wildman–Crippen MR) is 91.5 cm³/mol. The van der Waals surface area contributed by atoms with Crippen LogP contribution in [0.2, 0.25) is 0 Å². The number of amides is 1. The summed E-state index contributed by atoms with van der Waals surface area (Å²) in [4.78, 5) is 22.7. The molecular formula is C18H20N2O4. The molecule has 0 radical (unpaired) electrons. The van der Waals surface area contributed by atoms with Gasteiger partial charge in [-0.15, -0.1) is 0 Å². The minimum Gasteiger partial charge on any atom is -0.496 e. The summed E-state index contributed by atoms with van der Waals surface area (Å²) >= 11 is 0. The van der Waals surface area contributed by atoms with Crippen LogP contribution in [0.15, 0.2) is 42.5 Å². The maximum absolute atomic E-state index is 12.2. The fourth-order valence-electron chi connectivity index (χ4n) is 2.55. The number of nitrogens with zero attached hydrogens (tertiary/aromatic N) is 1. The molecule has 0 saturated heterocycles. The highest BCUT2D eigenvalue weighted by atomic mass is 16.6. The second-order valence-corrected chi connectivity index (χ2v) is 5.38. The number of nitro groups is 1. The van der Waals surface area contributed by atoms with Crippen LogP contribution in [0.25, 0.3) is 0 Å². The van der Waals surface area contributed by atoms with Crippen LogP contribution in [0, 0.1) is 17.0 Å². The summed E-state index contributed by atoms with van der Waals surface area (Å²) in [7, 11) is 1.63. The molecule has 2 aromatic rings. The van der Waals surface area contributed by atoms with Crippen LogP contribution >= 0.6 is 0 Å². The van der Waals surface area contributed by atoms with Gasteiger partial charge >= 0.3 is 0 Å². The van der Waals surface area contributed by atoms with Crippen molar-refractivity contribution in [2.24, 2.45) is 0 Å². The Morgan fingerprint density at radius 3 is 2.67 bits per heavy atom. The summed E-state index contributed by atoms with van der Waals surface area (Å²) in [6, 6.07) is 12.3. The molecule has 0 fully saturated rings. The molecule has 0 bridgehead atoms. The van der Waals surface area contributed by atoms with Crippen molar-refractivity contribution in [1.29, 1.82) is 0 Å². The largest absolute Gasteiger partial charge is 0.496 e. The van der Waals surface area contributed by atoms with E-state index in [0.717, 1.165) is 24.2 Å². The van der Waals surface area contributed by atoms with E-state index in [9.17, 15) is 14.9 Å². The van der Waals surface area contributed by atoms with Gasteiger partial charge in [-0.25, -0.2) is 0 Å². The van der Waals surface area contributed by atoms with E-state index in [1.54, 1.807) is 20.1 Å². The first-order valence-electron chi connectivity index (χ1n) is 7.68. The number of nitrogens with one attached hydrogen (secondary N) is 1. The van der Waals surface area contributed by atoms with E-state index in [4.69, 9.17) is 4.74 Å². The van der Waals surface area contributed by atoms with Crippen molar-refractivity contribution in [3.05, 3.63) is 69.3 Å². The lowest BCUT2D eigenvalue weighted by molar-refractivity contribution is -0.385. The maximum atomic E-state index is 12.2. The molecule has 0 aliphatic rings. The third-order valence-electron chi connectivity index (χ3n) is 3.85. The van der Waals surface area contributed by atoms with Gasteiger partial charge in [0.15, 0.2) is 0 Å². The number of hydrogen-bond acceptors (Lipinski definition) is 4. The second kappa shape index (κ2) is 8.10. The molecule has 24 heavy (non-hydrogen) atoms. The number of carbonyl (C=O) groups excluding carboxylic acids is 1. The van der Waals surface area contributed by atoms with Crippen LogP contribution in [0.5, 0.6) is 5.75 Å². The number of ether oxygens (including phenoxy) is 1. The molecule has 0 atom stereocenters. The van der Waals surface area contributed by atoms with E-state index in [1.807, 2.05) is 24.3 Å². The minimum absolute atomic E-state index is 0.0447. The smallest absolute Gasteiger partial charge is 0.273 e. The van der Waals surface area contributed by atoms with Crippen molar-refractivity contribution >= 4 is 11.6 Å². The molecule has 0 heterocycles. The Labute approximate surface area is 140 Å². The van der Waals surface area contributed by atoms with Crippen molar-refractivity contribution in [3.63, 3.8) is 0 Å². The first-order valence-corrected chi connectivity index (χ1v) is 7.68. The molecule has 2 aromatic carbocycles. The van der Waals surface area contributed by atoms with Gasteiger partial charge in [0, 0.05) is 23.7 Å². The van der Waals surface area contributed by atoms with E-state index >= 15 is 0 Å². The molecule has 2 rings (SSSR count). The van der Waals surface area contributed by atoms with Gasteiger partial charge in [0.2, 0.25) is 0 Å². The molecule has 126 valence electrons. The Balaban J connectivity index is 1.92. The van der Waals surface area contributed by atoms with E-state index in [2.05, 4.69) is 5.32 Å². The number of hydrogen-bond donors (Lipinski definition) is 1. The molecular weight excluding hydrogens is 308 g/mol. The third kappa shape index (κ3) is 4.10. The average molecular weight is 328 g/mol. The molecule has 1 N–H and O–H groups in total. The second-order valence-electron chi connectivity index (χ2n) is 5.38. The normalized spacial score (nSPS) is 10.2. The van der Waals surface area contributed by atoms with Gasteiger partial charge in [0.25, 0.3) is 11.6 Å². The predicted octanol–water partition coefficient (Wildman–Crippen LogP) is 3.27. The Hall–Kier alpha value is -2.89. The van der Waals surface area contributed by atoms with Crippen molar-refractivity contribution in [2.75, 3.05) is 13.7 Å². The number of rotatable bonds is 7. The highest BCUT2D eigenvalue weighted by Crippen LogP contribution is 2.21. The number of carbonyl (C=O) groups is 1. The highest BCUT2D eigenvalue weighted by molar-refractivity contribution is 5.96. The summed E-state index contributed by atoms with van der Waals surface area (Å²) < 4.78 is 5.29. The number of para-hydroxylation sites is 1. The highest BCUT2D eigenvalue weighted by Gasteiger charge is 2.17. The Morgan fingerprint density at radius 2 is 1.96 bits per heavy atom. The third-order valence-corrected chi connectivity index (χ3v) is 3.85. The summed E-state index contributed by atoms with van der Waals surface area (Å²) in [6.07, 6.45) is 1.53. The quantitative estimate of drug-likeness (QED) is 0.480. The fraction of sp³-hybridized carbons (Fsp3) is 0.278. The van der Waals surface area contributed by atoms with Crippen LogP contribution in [-0.2, 0) is 6.42 Å². The summed E-state index contributed by atoms with van der Waals surface area (Å²) in [5, 5.41) is 13.7.